The molecule has 0 aromatic heterocycles. The summed E-state index contributed by atoms with van der Waals surface area (Å²) in [5.41, 5.74) is 3.04. The second kappa shape index (κ2) is 4.71. The van der Waals surface area contributed by atoms with Gasteiger partial charge in [-0.3, -0.25) is 4.79 Å². The minimum Gasteiger partial charge on any atom is -0.508 e. The van der Waals surface area contributed by atoms with Gasteiger partial charge in [0.15, 0.2) is 5.78 Å². The van der Waals surface area contributed by atoms with Crippen LogP contribution in [0.3, 0.4) is 0 Å². The highest BCUT2D eigenvalue weighted by Crippen LogP contribution is 2.54. The number of aryl methyl sites for hydroxylation is 1. The van der Waals surface area contributed by atoms with Gasteiger partial charge in [0, 0.05) is 10.8 Å². The molecule has 2 atom stereocenters. The number of aromatic hydroxyl groups is 1. The quantitative estimate of drug-likeness (QED) is 0.828. The molecule has 1 aromatic rings. The first-order valence-corrected chi connectivity index (χ1v) is 8.28. The third-order valence-electron chi connectivity index (χ3n) is 5.97. The molecule has 2 aliphatic carbocycles. The number of hydrogen-bond donors (Lipinski definition) is 1. The molecular weight excluding hydrogens is 272 g/mol. The third kappa shape index (κ3) is 1.96. The summed E-state index contributed by atoms with van der Waals surface area (Å²) < 4.78 is 0. The summed E-state index contributed by atoms with van der Waals surface area (Å²) in [4.78, 5) is 12.3. The van der Waals surface area contributed by atoms with E-state index in [1.807, 2.05) is 6.07 Å². The van der Waals surface area contributed by atoms with Crippen LogP contribution in [0.1, 0.15) is 63.6 Å². The molecule has 0 fully saturated rings. The van der Waals surface area contributed by atoms with Crippen LogP contribution in [0.4, 0.5) is 0 Å². The molecule has 22 heavy (non-hydrogen) atoms. The van der Waals surface area contributed by atoms with Crippen molar-refractivity contribution < 1.29 is 9.90 Å². The second-order valence-corrected chi connectivity index (χ2v) is 8.02. The van der Waals surface area contributed by atoms with E-state index < -0.39 is 0 Å². The Bertz CT molecular complexity index is 667. The van der Waals surface area contributed by atoms with Crippen molar-refractivity contribution in [3.8, 4) is 5.75 Å². The first-order valence-electron chi connectivity index (χ1n) is 8.28. The largest absolute Gasteiger partial charge is 0.508 e. The Morgan fingerprint density at radius 3 is 2.55 bits per heavy atom. The molecule has 0 saturated carbocycles. The molecular formula is C20H26O2. The first-order chi connectivity index (χ1) is 10.2. The molecule has 2 aliphatic rings. The van der Waals surface area contributed by atoms with Crippen LogP contribution in [0, 0.1) is 11.3 Å². The molecule has 0 saturated heterocycles. The number of phenols is 1. The fourth-order valence-corrected chi connectivity index (χ4v) is 4.56. The summed E-state index contributed by atoms with van der Waals surface area (Å²) in [6, 6.07) is 4.13. The van der Waals surface area contributed by atoms with Crippen molar-refractivity contribution >= 4 is 5.78 Å². The smallest absolute Gasteiger partial charge is 0.161 e. The highest BCUT2D eigenvalue weighted by Gasteiger charge is 2.51. The van der Waals surface area contributed by atoms with E-state index in [2.05, 4.69) is 46.8 Å². The van der Waals surface area contributed by atoms with Crippen molar-refractivity contribution in [2.24, 2.45) is 11.3 Å². The number of rotatable bonds is 1. The molecule has 0 heterocycles. The van der Waals surface area contributed by atoms with E-state index in [1.165, 1.54) is 11.1 Å². The first kappa shape index (κ1) is 15.3. The van der Waals surface area contributed by atoms with Gasteiger partial charge in [0.25, 0.3) is 0 Å². The zero-order valence-corrected chi connectivity index (χ0v) is 14.2. The van der Waals surface area contributed by atoms with Gasteiger partial charge in [-0.2, -0.15) is 0 Å². The Balaban J connectivity index is 2.19. The average molecular weight is 298 g/mol. The van der Waals surface area contributed by atoms with Gasteiger partial charge >= 0.3 is 0 Å². The molecule has 0 amide bonds. The monoisotopic (exact) mass is 298 g/mol. The van der Waals surface area contributed by atoms with Crippen LogP contribution in [0.2, 0.25) is 0 Å². The van der Waals surface area contributed by atoms with Crippen molar-refractivity contribution in [3.05, 3.63) is 41.0 Å². The minimum absolute atomic E-state index is 0.169. The maximum atomic E-state index is 12.3. The normalized spacial score (nSPS) is 29.4. The van der Waals surface area contributed by atoms with Crippen LogP contribution >= 0.6 is 0 Å². The maximum Gasteiger partial charge on any atom is 0.161 e. The molecule has 0 radical (unpaired) electrons. The summed E-state index contributed by atoms with van der Waals surface area (Å²) in [6.07, 6.45) is 5.83. The van der Waals surface area contributed by atoms with Gasteiger partial charge in [-0.25, -0.2) is 0 Å². The van der Waals surface area contributed by atoms with Crippen molar-refractivity contribution in [1.29, 1.82) is 0 Å². The Kier molecular flexibility index (Phi) is 3.28. The number of carbonyl (C=O) groups is 1. The summed E-state index contributed by atoms with van der Waals surface area (Å²) in [5.74, 6) is 1.21. The molecule has 2 unspecified atom stereocenters. The van der Waals surface area contributed by atoms with Gasteiger partial charge < -0.3 is 5.11 Å². The van der Waals surface area contributed by atoms with Gasteiger partial charge in [-0.1, -0.05) is 46.8 Å². The molecule has 2 nitrogen and oxygen atoms in total. The van der Waals surface area contributed by atoms with Crippen LogP contribution in [0.5, 0.6) is 5.75 Å². The van der Waals surface area contributed by atoms with Crippen LogP contribution in [0.15, 0.2) is 24.3 Å². The van der Waals surface area contributed by atoms with Crippen molar-refractivity contribution in [1.82, 2.24) is 0 Å². The van der Waals surface area contributed by atoms with Crippen LogP contribution in [0.25, 0.3) is 0 Å². The summed E-state index contributed by atoms with van der Waals surface area (Å²) in [7, 11) is 0. The number of hydrogen-bond acceptors (Lipinski definition) is 2. The van der Waals surface area contributed by atoms with Crippen molar-refractivity contribution in [3.63, 3.8) is 0 Å². The zero-order chi connectivity index (χ0) is 16.3. The molecule has 0 bridgehead atoms. The van der Waals surface area contributed by atoms with E-state index in [4.69, 9.17) is 0 Å². The Morgan fingerprint density at radius 1 is 1.23 bits per heavy atom. The van der Waals surface area contributed by atoms with Crippen LogP contribution in [-0.2, 0) is 16.6 Å². The lowest BCUT2D eigenvalue weighted by molar-refractivity contribution is -0.127. The zero-order valence-electron chi connectivity index (χ0n) is 14.2. The van der Waals surface area contributed by atoms with Gasteiger partial charge in [0.1, 0.15) is 5.75 Å². The highest BCUT2D eigenvalue weighted by molar-refractivity contribution is 5.96. The Labute approximate surface area is 133 Å². The van der Waals surface area contributed by atoms with E-state index in [-0.39, 0.29) is 22.5 Å². The Hall–Kier alpha value is -1.57. The molecule has 0 aliphatic heterocycles. The Morgan fingerprint density at radius 2 is 1.91 bits per heavy atom. The van der Waals surface area contributed by atoms with E-state index >= 15 is 0 Å². The summed E-state index contributed by atoms with van der Waals surface area (Å²) in [6.45, 7) is 10.6. The van der Waals surface area contributed by atoms with E-state index in [9.17, 15) is 9.90 Å². The topological polar surface area (TPSA) is 37.3 Å². The summed E-state index contributed by atoms with van der Waals surface area (Å²) in [5, 5.41) is 10.4. The number of ketones is 1. The van der Waals surface area contributed by atoms with Gasteiger partial charge in [-0.05, 0) is 53.5 Å². The van der Waals surface area contributed by atoms with E-state index in [0.29, 0.717) is 11.7 Å². The van der Waals surface area contributed by atoms with Crippen LogP contribution in [-0.4, -0.2) is 10.9 Å². The molecule has 1 aromatic carbocycles. The second-order valence-electron chi connectivity index (χ2n) is 8.02. The number of carbonyl (C=O) groups excluding carboxylic acids is 1. The van der Waals surface area contributed by atoms with Crippen molar-refractivity contribution in [2.75, 3.05) is 0 Å². The molecule has 0 spiro atoms. The molecule has 118 valence electrons. The third-order valence-corrected chi connectivity index (χ3v) is 5.97. The molecule has 2 heteroatoms. The average Bonchev–Trinajstić information content (AvgIpc) is 2.43. The maximum absolute atomic E-state index is 12.3. The van der Waals surface area contributed by atoms with Gasteiger partial charge in [0.2, 0.25) is 0 Å². The van der Waals surface area contributed by atoms with Crippen LogP contribution < -0.4 is 0 Å². The van der Waals surface area contributed by atoms with Gasteiger partial charge in [0.05, 0.1) is 0 Å². The standard InChI is InChI=1S/C20H26O2/c1-12(2)14-10-13-6-7-17-19(3,4)18(22)8-9-20(17,5)15(13)11-16(14)21/h8-12,17,21H,6-7H2,1-5H3. The van der Waals surface area contributed by atoms with E-state index in [0.717, 1.165) is 18.4 Å². The number of fused-ring (bicyclic) bond motifs is 3. The van der Waals surface area contributed by atoms with Gasteiger partial charge in [-0.15, -0.1) is 0 Å². The highest BCUT2D eigenvalue weighted by atomic mass is 16.3. The number of phenolic OH excluding ortho intramolecular Hbond substituents is 1. The molecule has 3 rings (SSSR count). The predicted molar refractivity (Wildman–Crippen MR) is 89.3 cm³/mol. The summed E-state index contributed by atoms with van der Waals surface area (Å²) >= 11 is 0. The fraction of sp³-hybridized carbons (Fsp3) is 0.550. The fourth-order valence-electron chi connectivity index (χ4n) is 4.56. The van der Waals surface area contributed by atoms with E-state index in [1.54, 1.807) is 6.08 Å². The predicted octanol–water partition coefficient (Wildman–Crippen LogP) is 4.50. The van der Waals surface area contributed by atoms with Crippen molar-refractivity contribution in [2.45, 2.75) is 58.8 Å². The number of benzene rings is 1. The lowest BCUT2D eigenvalue weighted by atomic mass is 9.52. The lowest BCUT2D eigenvalue weighted by Crippen LogP contribution is -2.49. The number of allylic oxidation sites excluding steroid dienone is 2. The minimum atomic E-state index is -0.340. The lowest BCUT2D eigenvalue weighted by Gasteiger charge is -2.50. The SMILES string of the molecule is CC(C)c1cc2c(cc1O)C1(C)C=CC(=O)C(C)(C)C1CC2. The molecule has 1 N–H and O–H groups in total.